The van der Waals surface area contributed by atoms with Crippen LogP contribution in [0.4, 0.5) is 0 Å². The van der Waals surface area contributed by atoms with Crippen molar-refractivity contribution >= 4 is 79.8 Å². The Labute approximate surface area is 137 Å². The fraction of sp³-hybridized carbons (Fsp3) is 0. The van der Waals surface area contributed by atoms with Crippen LogP contribution in [0.25, 0.3) is 11.1 Å². The smallest absolute Gasteiger partial charge is 0.337 e. The third-order valence-corrected chi connectivity index (χ3v) is 6.34. The first-order valence-corrected chi connectivity index (χ1v) is 8.36. The SMILES string of the molecule is O=C(O)c1csc(I)c1-c1c(C(=O)O)csc1I. The Morgan fingerprint density at radius 2 is 1.22 bits per heavy atom. The summed E-state index contributed by atoms with van der Waals surface area (Å²) < 4.78 is 1.56. The monoisotopic (exact) mass is 506 g/mol. The third-order valence-electron chi connectivity index (χ3n) is 2.20. The Hall–Kier alpha value is -0.200. The molecule has 0 fully saturated rings. The molecule has 0 radical (unpaired) electrons. The molecule has 0 amide bonds. The quantitative estimate of drug-likeness (QED) is 0.616. The van der Waals surface area contributed by atoms with Gasteiger partial charge in [0.2, 0.25) is 0 Å². The number of hydrogen-bond donors (Lipinski definition) is 2. The van der Waals surface area contributed by atoms with E-state index >= 15 is 0 Å². The molecule has 2 aromatic rings. The zero-order valence-electron chi connectivity index (χ0n) is 8.44. The third kappa shape index (κ3) is 2.42. The normalized spacial score (nSPS) is 10.6. The minimum absolute atomic E-state index is 0.156. The summed E-state index contributed by atoms with van der Waals surface area (Å²) in [5, 5.41) is 21.4. The van der Waals surface area contributed by atoms with E-state index in [4.69, 9.17) is 10.2 Å². The summed E-state index contributed by atoms with van der Waals surface area (Å²) in [6.45, 7) is 0. The van der Waals surface area contributed by atoms with E-state index in [-0.39, 0.29) is 11.1 Å². The van der Waals surface area contributed by atoms with Gasteiger partial charge in [-0.2, -0.15) is 0 Å². The van der Waals surface area contributed by atoms with Crippen LogP contribution in [0.1, 0.15) is 20.7 Å². The van der Waals surface area contributed by atoms with Gasteiger partial charge in [-0.15, -0.1) is 22.7 Å². The number of carbonyl (C=O) groups is 2. The number of hydrogen-bond acceptors (Lipinski definition) is 4. The van der Waals surface area contributed by atoms with Gasteiger partial charge < -0.3 is 10.2 Å². The lowest BCUT2D eigenvalue weighted by molar-refractivity contribution is 0.0685. The number of rotatable bonds is 3. The summed E-state index contributed by atoms with van der Waals surface area (Å²) in [6.07, 6.45) is 0. The molecule has 0 saturated heterocycles. The van der Waals surface area contributed by atoms with Crippen LogP contribution >= 0.6 is 67.9 Å². The maximum absolute atomic E-state index is 11.2. The van der Waals surface area contributed by atoms with Crippen LogP contribution in [0.5, 0.6) is 0 Å². The molecule has 18 heavy (non-hydrogen) atoms. The Morgan fingerprint density at radius 3 is 1.50 bits per heavy atom. The number of halogens is 2. The van der Waals surface area contributed by atoms with Gasteiger partial charge in [0.1, 0.15) is 0 Å². The Morgan fingerprint density at radius 1 is 0.889 bits per heavy atom. The standard InChI is InChI=1S/C10H4I2O4S2/c11-7-5(3(1-17-7)9(13)14)6-4(10(15)16)2-18-8(6)12/h1-2H,(H,13,14)(H,15,16). The van der Waals surface area contributed by atoms with Crippen molar-refractivity contribution in [2.75, 3.05) is 0 Å². The fourth-order valence-electron chi connectivity index (χ4n) is 1.45. The highest BCUT2D eigenvalue weighted by molar-refractivity contribution is 14.1. The summed E-state index contributed by atoms with van der Waals surface area (Å²) in [5.41, 5.74) is 1.33. The van der Waals surface area contributed by atoms with Gasteiger partial charge in [-0.1, -0.05) is 0 Å². The van der Waals surface area contributed by atoms with E-state index in [2.05, 4.69) is 0 Å². The van der Waals surface area contributed by atoms with Crippen molar-refractivity contribution in [3.8, 4) is 11.1 Å². The molecule has 2 N–H and O–H groups in total. The van der Waals surface area contributed by atoms with Gasteiger partial charge >= 0.3 is 11.9 Å². The molecule has 4 nitrogen and oxygen atoms in total. The summed E-state index contributed by atoms with van der Waals surface area (Å²) in [7, 11) is 0. The number of aromatic carboxylic acids is 2. The summed E-state index contributed by atoms with van der Waals surface area (Å²) >= 11 is 6.67. The first-order chi connectivity index (χ1) is 8.43. The highest BCUT2D eigenvalue weighted by atomic mass is 127. The van der Waals surface area contributed by atoms with E-state index in [9.17, 15) is 9.59 Å². The molecule has 0 unspecified atom stereocenters. The van der Waals surface area contributed by atoms with Crippen LogP contribution in [-0.2, 0) is 0 Å². The lowest BCUT2D eigenvalue weighted by Crippen LogP contribution is -2.01. The number of carboxylic acid groups (broad SMARTS) is 2. The van der Waals surface area contributed by atoms with Gasteiger partial charge in [-0.25, -0.2) is 9.59 Å². The highest BCUT2D eigenvalue weighted by Gasteiger charge is 2.25. The van der Waals surface area contributed by atoms with Crippen molar-refractivity contribution in [2.24, 2.45) is 0 Å². The summed E-state index contributed by atoms with van der Waals surface area (Å²) in [4.78, 5) is 22.4. The first-order valence-electron chi connectivity index (χ1n) is 4.44. The average Bonchev–Trinajstić information content (AvgIpc) is 2.81. The molecular formula is C10H4I2O4S2. The fourth-order valence-corrected chi connectivity index (χ4v) is 4.87. The molecule has 0 saturated carbocycles. The second kappa shape index (κ2) is 5.43. The molecule has 0 spiro atoms. The molecule has 0 atom stereocenters. The van der Waals surface area contributed by atoms with E-state index in [1.54, 1.807) is 10.8 Å². The molecule has 0 aliphatic rings. The highest BCUT2D eigenvalue weighted by Crippen LogP contribution is 2.41. The van der Waals surface area contributed by atoms with Gasteiger partial charge in [0.05, 0.1) is 16.9 Å². The summed E-state index contributed by atoms with van der Waals surface area (Å²) in [5.74, 6) is -2.08. The van der Waals surface area contributed by atoms with Crippen LogP contribution in [0.15, 0.2) is 10.8 Å². The van der Waals surface area contributed by atoms with Gasteiger partial charge in [-0.05, 0) is 45.2 Å². The van der Waals surface area contributed by atoms with E-state index in [1.165, 1.54) is 22.7 Å². The molecule has 0 aliphatic heterocycles. The van der Waals surface area contributed by atoms with Crippen LogP contribution in [-0.4, -0.2) is 22.2 Å². The second-order valence-corrected chi connectivity index (χ2v) is 8.59. The summed E-state index contributed by atoms with van der Waals surface area (Å²) in [6, 6.07) is 0. The lowest BCUT2D eigenvalue weighted by Gasteiger charge is -2.03. The topological polar surface area (TPSA) is 74.6 Å². The van der Waals surface area contributed by atoms with E-state index in [1.807, 2.05) is 45.2 Å². The maximum Gasteiger partial charge on any atom is 0.337 e. The Balaban J connectivity index is 2.76. The lowest BCUT2D eigenvalue weighted by atomic mass is 10.0. The van der Waals surface area contributed by atoms with E-state index in [0.29, 0.717) is 11.1 Å². The molecule has 0 aliphatic carbocycles. The second-order valence-electron chi connectivity index (χ2n) is 3.21. The Bertz CT molecular complexity index is 588. The predicted molar refractivity (Wildman–Crippen MR) is 87.0 cm³/mol. The average molecular weight is 506 g/mol. The molecule has 2 rings (SSSR count). The van der Waals surface area contributed by atoms with Gasteiger partial charge in [-0.3, -0.25) is 0 Å². The van der Waals surface area contributed by atoms with Crippen molar-refractivity contribution in [1.29, 1.82) is 0 Å². The predicted octanol–water partition coefficient (Wildman–Crippen LogP) is 4.08. The number of thiophene rings is 2. The Kier molecular flexibility index (Phi) is 4.29. The molecule has 0 bridgehead atoms. The van der Waals surface area contributed by atoms with Gasteiger partial charge in [0, 0.05) is 21.9 Å². The zero-order chi connectivity index (χ0) is 13.4. The molecule has 0 aromatic carbocycles. The molecule has 2 heterocycles. The molecule has 2 aromatic heterocycles. The van der Waals surface area contributed by atoms with Gasteiger partial charge in [0.25, 0.3) is 0 Å². The molecule has 94 valence electrons. The van der Waals surface area contributed by atoms with Crippen LogP contribution in [0.3, 0.4) is 0 Å². The minimum Gasteiger partial charge on any atom is -0.478 e. The maximum atomic E-state index is 11.2. The van der Waals surface area contributed by atoms with Crippen molar-refractivity contribution in [1.82, 2.24) is 0 Å². The van der Waals surface area contributed by atoms with Crippen LogP contribution < -0.4 is 0 Å². The largest absolute Gasteiger partial charge is 0.478 e. The number of carboxylic acids is 2. The van der Waals surface area contributed by atoms with Crippen molar-refractivity contribution in [3.63, 3.8) is 0 Å². The van der Waals surface area contributed by atoms with Crippen molar-refractivity contribution in [3.05, 3.63) is 27.7 Å². The van der Waals surface area contributed by atoms with Crippen LogP contribution in [0, 0.1) is 5.77 Å². The molecular weight excluding hydrogens is 502 g/mol. The minimum atomic E-state index is -1.04. The van der Waals surface area contributed by atoms with Crippen molar-refractivity contribution in [2.45, 2.75) is 0 Å². The molecule has 8 heteroatoms. The van der Waals surface area contributed by atoms with Gasteiger partial charge in [0.15, 0.2) is 0 Å². The first kappa shape index (κ1) is 14.2. The van der Waals surface area contributed by atoms with E-state index in [0.717, 1.165) is 5.77 Å². The zero-order valence-corrected chi connectivity index (χ0v) is 14.4. The van der Waals surface area contributed by atoms with Crippen molar-refractivity contribution < 1.29 is 19.8 Å². The van der Waals surface area contributed by atoms with E-state index < -0.39 is 11.9 Å². The van der Waals surface area contributed by atoms with Crippen LogP contribution in [0.2, 0.25) is 0 Å².